The van der Waals surface area contributed by atoms with E-state index >= 15 is 0 Å². The summed E-state index contributed by atoms with van der Waals surface area (Å²) in [5.41, 5.74) is 1.35. The zero-order valence-corrected chi connectivity index (χ0v) is 10.8. The molecule has 0 saturated heterocycles. The molecule has 14 heavy (non-hydrogen) atoms. The molecular weight excluding hydrogens is 308 g/mol. The van der Waals surface area contributed by atoms with E-state index < -0.39 is 0 Å². The van der Waals surface area contributed by atoms with Crippen molar-refractivity contribution in [3.05, 3.63) is 33.4 Å². The van der Waals surface area contributed by atoms with E-state index in [2.05, 4.69) is 52.2 Å². The van der Waals surface area contributed by atoms with Crippen LogP contribution in [0, 0.1) is 3.57 Å². The third-order valence-corrected chi connectivity index (χ3v) is 3.66. The number of alkyl halides is 1. The van der Waals surface area contributed by atoms with Crippen molar-refractivity contribution < 1.29 is 0 Å². The molecule has 1 nitrogen and oxygen atoms in total. The molecule has 0 radical (unpaired) electrons. The average molecular weight is 322 g/mol. The van der Waals surface area contributed by atoms with Crippen molar-refractivity contribution in [2.24, 2.45) is 0 Å². The minimum atomic E-state index is 0.407. The summed E-state index contributed by atoms with van der Waals surface area (Å²) in [5.74, 6) is 0. The van der Waals surface area contributed by atoms with Crippen LogP contribution >= 0.6 is 34.2 Å². The molecule has 1 saturated carbocycles. The van der Waals surface area contributed by atoms with E-state index in [4.69, 9.17) is 11.6 Å². The van der Waals surface area contributed by atoms with E-state index in [0.717, 1.165) is 19.4 Å². The van der Waals surface area contributed by atoms with Gasteiger partial charge < -0.3 is 5.32 Å². The molecule has 0 spiro atoms. The van der Waals surface area contributed by atoms with Gasteiger partial charge in [0.15, 0.2) is 0 Å². The van der Waals surface area contributed by atoms with E-state index in [9.17, 15) is 0 Å². The number of hydrogen-bond donors (Lipinski definition) is 1. The fraction of sp³-hybridized carbons (Fsp3) is 0.455. The summed E-state index contributed by atoms with van der Waals surface area (Å²) >= 11 is 8.23. The van der Waals surface area contributed by atoms with Gasteiger partial charge in [0.1, 0.15) is 0 Å². The lowest BCUT2D eigenvalue weighted by molar-refractivity contribution is 0.345. The summed E-state index contributed by atoms with van der Waals surface area (Å²) in [6, 6.07) is 9.26. The molecule has 0 heterocycles. The third-order valence-electron chi connectivity index (χ3n) is 2.59. The Morgan fingerprint density at radius 2 is 1.93 bits per heavy atom. The summed E-state index contributed by atoms with van der Waals surface area (Å²) in [5, 5.41) is 3.91. The number of nitrogens with one attached hydrogen (secondary N) is 1. The monoisotopic (exact) mass is 321 g/mol. The maximum absolute atomic E-state index is 5.91. The Labute approximate surface area is 103 Å². The molecule has 1 N–H and O–H groups in total. The highest BCUT2D eigenvalue weighted by Crippen LogP contribution is 2.25. The van der Waals surface area contributed by atoms with Crippen molar-refractivity contribution in [1.29, 1.82) is 0 Å². The standard InChI is InChI=1S/C11H13ClIN/c12-9-5-11(6-9)14-7-8-1-3-10(13)4-2-8/h1-4,9,11,14H,5-7H2. The van der Waals surface area contributed by atoms with Crippen molar-refractivity contribution in [1.82, 2.24) is 5.32 Å². The van der Waals surface area contributed by atoms with Gasteiger partial charge >= 0.3 is 0 Å². The van der Waals surface area contributed by atoms with Crippen LogP contribution in [-0.4, -0.2) is 11.4 Å². The first-order chi connectivity index (χ1) is 6.74. The molecular formula is C11H13ClIN. The molecule has 2 rings (SSSR count). The first kappa shape index (κ1) is 10.7. The van der Waals surface area contributed by atoms with Crippen molar-refractivity contribution in [2.45, 2.75) is 30.8 Å². The molecule has 0 amide bonds. The molecule has 76 valence electrons. The topological polar surface area (TPSA) is 12.0 Å². The van der Waals surface area contributed by atoms with Crippen LogP contribution in [0.4, 0.5) is 0 Å². The molecule has 0 aromatic heterocycles. The van der Waals surface area contributed by atoms with Gasteiger partial charge in [-0.15, -0.1) is 11.6 Å². The van der Waals surface area contributed by atoms with E-state index in [0.29, 0.717) is 11.4 Å². The van der Waals surface area contributed by atoms with Gasteiger partial charge in [-0.05, 0) is 53.1 Å². The van der Waals surface area contributed by atoms with Crippen LogP contribution in [0.5, 0.6) is 0 Å². The van der Waals surface area contributed by atoms with Crippen molar-refractivity contribution in [3.63, 3.8) is 0 Å². The zero-order valence-electron chi connectivity index (χ0n) is 7.84. The maximum Gasteiger partial charge on any atom is 0.0365 e. The van der Waals surface area contributed by atoms with Gasteiger partial charge in [0.05, 0.1) is 0 Å². The lowest BCUT2D eigenvalue weighted by Crippen LogP contribution is -2.41. The Morgan fingerprint density at radius 1 is 1.29 bits per heavy atom. The van der Waals surface area contributed by atoms with E-state index in [-0.39, 0.29) is 0 Å². The van der Waals surface area contributed by atoms with Crippen LogP contribution in [0.1, 0.15) is 18.4 Å². The Balaban J connectivity index is 1.78. The first-order valence-corrected chi connectivity index (χ1v) is 6.37. The SMILES string of the molecule is ClC1CC(NCc2ccc(I)cc2)C1. The maximum atomic E-state index is 5.91. The van der Waals surface area contributed by atoms with Gasteiger partial charge in [-0.2, -0.15) is 0 Å². The van der Waals surface area contributed by atoms with Gasteiger partial charge in [0.25, 0.3) is 0 Å². The van der Waals surface area contributed by atoms with Crippen LogP contribution < -0.4 is 5.32 Å². The van der Waals surface area contributed by atoms with Gasteiger partial charge in [-0.1, -0.05) is 12.1 Å². The summed E-state index contributed by atoms with van der Waals surface area (Å²) < 4.78 is 1.29. The molecule has 0 unspecified atom stereocenters. The second kappa shape index (κ2) is 4.81. The largest absolute Gasteiger partial charge is 0.310 e. The van der Waals surface area contributed by atoms with Crippen molar-refractivity contribution >= 4 is 34.2 Å². The highest BCUT2D eigenvalue weighted by molar-refractivity contribution is 14.1. The molecule has 1 fully saturated rings. The van der Waals surface area contributed by atoms with Gasteiger partial charge in [0, 0.05) is 21.5 Å². The van der Waals surface area contributed by atoms with Gasteiger partial charge in [-0.3, -0.25) is 0 Å². The number of benzene rings is 1. The minimum Gasteiger partial charge on any atom is -0.310 e. The van der Waals surface area contributed by atoms with Crippen LogP contribution in [-0.2, 0) is 6.54 Å². The summed E-state index contributed by atoms with van der Waals surface area (Å²) in [4.78, 5) is 0. The van der Waals surface area contributed by atoms with Crippen LogP contribution in [0.3, 0.4) is 0 Å². The molecule has 0 aliphatic heterocycles. The van der Waals surface area contributed by atoms with Crippen molar-refractivity contribution in [3.8, 4) is 0 Å². The summed E-state index contributed by atoms with van der Waals surface area (Å²) in [6.45, 7) is 0.963. The third kappa shape index (κ3) is 2.84. The van der Waals surface area contributed by atoms with Crippen LogP contribution in [0.2, 0.25) is 0 Å². The molecule has 1 aliphatic rings. The summed E-state index contributed by atoms with van der Waals surface area (Å²) in [7, 11) is 0. The quantitative estimate of drug-likeness (QED) is 0.666. The second-order valence-corrected chi connectivity index (χ2v) is 5.64. The average Bonchev–Trinajstić information content (AvgIpc) is 2.13. The molecule has 0 bridgehead atoms. The van der Waals surface area contributed by atoms with E-state index in [1.165, 1.54) is 9.13 Å². The predicted molar refractivity (Wildman–Crippen MR) is 68.7 cm³/mol. The van der Waals surface area contributed by atoms with Crippen LogP contribution in [0.15, 0.2) is 24.3 Å². The Morgan fingerprint density at radius 3 is 2.50 bits per heavy atom. The molecule has 1 aromatic carbocycles. The number of hydrogen-bond acceptors (Lipinski definition) is 1. The lowest BCUT2D eigenvalue weighted by atomic mass is 9.92. The summed E-state index contributed by atoms with van der Waals surface area (Å²) in [6.07, 6.45) is 2.23. The molecule has 0 atom stereocenters. The minimum absolute atomic E-state index is 0.407. The fourth-order valence-corrected chi connectivity index (χ4v) is 2.37. The first-order valence-electron chi connectivity index (χ1n) is 4.86. The molecule has 3 heteroatoms. The van der Waals surface area contributed by atoms with E-state index in [1.807, 2.05) is 0 Å². The number of halogens is 2. The zero-order chi connectivity index (χ0) is 9.97. The normalized spacial score (nSPS) is 25.9. The predicted octanol–water partition coefficient (Wildman–Crippen LogP) is 3.15. The van der Waals surface area contributed by atoms with Crippen LogP contribution in [0.25, 0.3) is 0 Å². The lowest BCUT2D eigenvalue weighted by Gasteiger charge is -2.31. The molecule has 1 aliphatic carbocycles. The second-order valence-electron chi connectivity index (χ2n) is 3.77. The smallest absolute Gasteiger partial charge is 0.0365 e. The Bertz CT molecular complexity index is 293. The fourth-order valence-electron chi connectivity index (χ4n) is 1.58. The highest BCUT2D eigenvalue weighted by Gasteiger charge is 2.26. The molecule has 1 aromatic rings. The Hall–Kier alpha value is 0.200. The number of rotatable bonds is 3. The van der Waals surface area contributed by atoms with E-state index in [1.54, 1.807) is 0 Å². The van der Waals surface area contributed by atoms with Gasteiger partial charge in [0.2, 0.25) is 0 Å². The van der Waals surface area contributed by atoms with Gasteiger partial charge in [-0.25, -0.2) is 0 Å². The highest BCUT2D eigenvalue weighted by atomic mass is 127. The van der Waals surface area contributed by atoms with Crippen molar-refractivity contribution in [2.75, 3.05) is 0 Å². The Kier molecular flexibility index (Phi) is 3.68.